The number of benzene rings is 1. The first-order valence-electron chi connectivity index (χ1n) is 9.62. The predicted molar refractivity (Wildman–Crippen MR) is 115 cm³/mol. The van der Waals surface area contributed by atoms with Crippen LogP contribution in [0.3, 0.4) is 0 Å². The average Bonchev–Trinajstić information content (AvgIpc) is 2.96. The predicted octanol–water partition coefficient (Wildman–Crippen LogP) is 3.54. The maximum atomic E-state index is 12.5. The van der Waals surface area contributed by atoms with Crippen molar-refractivity contribution in [1.29, 1.82) is 5.26 Å². The summed E-state index contributed by atoms with van der Waals surface area (Å²) in [6.45, 7) is 8.46. The van der Waals surface area contributed by atoms with Gasteiger partial charge in [-0.3, -0.25) is 4.79 Å². The molecule has 0 aliphatic carbocycles. The fourth-order valence-corrected chi connectivity index (χ4v) is 3.04. The molecule has 7 nitrogen and oxygen atoms in total. The van der Waals surface area contributed by atoms with Crippen molar-refractivity contribution < 1.29 is 19.1 Å². The Morgan fingerprint density at radius 2 is 2.00 bits per heavy atom. The van der Waals surface area contributed by atoms with Crippen LogP contribution < -0.4 is 5.32 Å². The molecule has 0 unspecified atom stereocenters. The quantitative estimate of drug-likeness (QED) is 0.409. The third-order valence-electron chi connectivity index (χ3n) is 4.71. The fourth-order valence-electron chi connectivity index (χ4n) is 3.04. The first-order chi connectivity index (χ1) is 14.3. The van der Waals surface area contributed by atoms with Crippen molar-refractivity contribution in [1.82, 2.24) is 4.57 Å². The van der Waals surface area contributed by atoms with Crippen LogP contribution in [0.15, 0.2) is 35.9 Å². The molecule has 1 amide bonds. The zero-order valence-corrected chi connectivity index (χ0v) is 18.0. The van der Waals surface area contributed by atoms with Crippen molar-refractivity contribution in [3.8, 4) is 6.07 Å². The Labute approximate surface area is 176 Å². The van der Waals surface area contributed by atoms with Crippen LogP contribution in [0.1, 0.15) is 29.4 Å². The van der Waals surface area contributed by atoms with Gasteiger partial charge in [0.15, 0.2) is 6.10 Å². The zero-order chi connectivity index (χ0) is 22.3. The number of hydrogen-bond acceptors (Lipinski definition) is 5. The Bertz CT molecular complexity index is 998. The lowest BCUT2D eigenvalue weighted by Crippen LogP contribution is -2.30. The molecular weight excluding hydrogens is 382 g/mol. The minimum atomic E-state index is -1.05. The summed E-state index contributed by atoms with van der Waals surface area (Å²) in [4.78, 5) is 24.8. The topological polar surface area (TPSA) is 93.3 Å². The molecule has 2 rings (SSSR count). The van der Waals surface area contributed by atoms with Gasteiger partial charge < -0.3 is 19.4 Å². The SMILES string of the molecule is COCCn1c(C)cc(/C=C(\C#N)C(=O)O[C@H](C)C(=O)Nc2cccc(C)c2)c1C. The third-order valence-corrected chi connectivity index (χ3v) is 4.71. The fraction of sp³-hybridized carbons (Fsp3) is 0.348. The first kappa shape index (κ1) is 22.9. The number of esters is 1. The summed E-state index contributed by atoms with van der Waals surface area (Å²) in [6.07, 6.45) is 0.433. The second-order valence-corrected chi connectivity index (χ2v) is 7.05. The van der Waals surface area contributed by atoms with Crippen molar-refractivity contribution >= 4 is 23.6 Å². The van der Waals surface area contributed by atoms with Gasteiger partial charge in [-0.15, -0.1) is 0 Å². The van der Waals surface area contributed by atoms with Crippen molar-refractivity contribution in [3.63, 3.8) is 0 Å². The van der Waals surface area contributed by atoms with Gasteiger partial charge in [0.05, 0.1) is 6.61 Å². The summed E-state index contributed by atoms with van der Waals surface area (Å²) >= 11 is 0. The molecule has 0 aliphatic rings. The molecule has 0 aliphatic heterocycles. The normalized spacial score (nSPS) is 12.2. The minimum absolute atomic E-state index is 0.169. The molecule has 30 heavy (non-hydrogen) atoms. The molecule has 0 saturated carbocycles. The minimum Gasteiger partial charge on any atom is -0.448 e. The van der Waals surface area contributed by atoms with Gasteiger partial charge in [0.1, 0.15) is 11.6 Å². The van der Waals surface area contributed by atoms with Gasteiger partial charge in [-0.1, -0.05) is 12.1 Å². The van der Waals surface area contributed by atoms with Crippen LogP contribution in [0.5, 0.6) is 0 Å². The zero-order valence-electron chi connectivity index (χ0n) is 18.0. The van der Waals surface area contributed by atoms with E-state index in [1.807, 2.05) is 55.7 Å². The molecule has 158 valence electrons. The number of nitrogens with zero attached hydrogens (tertiary/aromatic N) is 2. The lowest BCUT2D eigenvalue weighted by molar-refractivity contribution is -0.148. The highest BCUT2D eigenvalue weighted by Crippen LogP contribution is 2.19. The van der Waals surface area contributed by atoms with Gasteiger partial charge in [0.25, 0.3) is 5.91 Å². The Hall–Kier alpha value is -3.37. The standard InChI is InChI=1S/C23H27N3O4/c1-15-7-6-8-21(11-15)25-22(27)18(4)30-23(28)20(14-24)13-19-12-16(2)26(17(19)3)9-10-29-5/h6-8,11-13,18H,9-10H2,1-5H3,(H,25,27)/b20-13+/t18-/m1/s1. The van der Waals surface area contributed by atoms with Gasteiger partial charge >= 0.3 is 5.97 Å². The number of rotatable bonds is 8. The van der Waals surface area contributed by atoms with E-state index in [4.69, 9.17) is 9.47 Å². The van der Waals surface area contributed by atoms with E-state index in [9.17, 15) is 14.9 Å². The van der Waals surface area contributed by atoms with E-state index in [1.165, 1.54) is 13.0 Å². The second-order valence-electron chi connectivity index (χ2n) is 7.05. The second kappa shape index (κ2) is 10.4. The molecule has 2 aromatic rings. The molecule has 0 saturated heterocycles. The summed E-state index contributed by atoms with van der Waals surface area (Å²) in [6, 6.07) is 11.1. The van der Waals surface area contributed by atoms with Crippen LogP contribution in [-0.2, 0) is 25.6 Å². The number of nitriles is 1. The first-order valence-corrected chi connectivity index (χ1v) is 9.62. The molecular formula is C23H27N3O4. The highest BCUT2D eigenvalue weighted by atomic mass is 16.5. The molecule has 0 spiro atoms. The van der Waals surface area contributed by atoms with Crippen molar-refractivity contribution in [2.75, 3.05) is 19.0 Å². The summed E-state index contributed by atoms with van der Waals surface area (Å²) in [5.74, 6) is -1.31. The summed E-state index contributed by atoms with van der Waals surface area (Å²) in [5, 5.41) is 12.1. The maximum absolute atomic E-state index is 12.5. The number of carbonyl (C=O) groups is 2. The Morgan fingerprint density at radius 1 is 1.27 bits per heavy atom. The van der Waals surface area contributed by atoms with Gasteiger partial charge in [-0.05, 0) is 63.1 Å². The Balaban J connectivity index is 2.10. The number of amides is 1. The molecule has 0 bridgehead atoms. The van der Waals surface area contributed by atoms with Crippen LogP contribution in [0.4, 0.5) is 5.69 Å². The van der Waals surface area contributed by atoms with Crippen molar-refractivity contribution in [3.05, 3.63) is 58.4 Å². The summed E-state index contributed by atoms with van der Waals surface area (Å²) in [5.41, 5.74) is 4.09. The lowest BCUT2D eigenvalue weighted by Gasteiger charge is -2.13. The van der Waals surface area contributed by atoms with E-state index in [-0.39, 0.29) is 5.57 Å². The number of aryl methyl sites for hydroxylation is 2. The van der Waals surface area contributed by atoms with Crippen LogP contribution >= 0.6 is 0 Å². The van der Waals surface area contributed by atoms with E-state index in [0.717, 1.165) is 22.5 Å². The van der Waals surface area contributed by atoms with E-state index >= 15 is 0 Å². The molecule has 1 heterocycles. The average molecular weight is 409 g/mol. The molecule has 7 heteroatoms. The third kappa shape index (κ3) is 5.82. The molecule has 0 fully saturated rings. The van der Waals surface area contributed by atoms with Gasteiger partial charge in [-0.25, -0.2) is 4.79 Å². The lowest BCUT2D eigenvalue weighted by atomic mass is 10.1. The smallest absolute Gasteiger partial charge is 0.349 e. The van der Waals surface area contributed by atoms with Gasteiger partial charge in [-0.2, -0.15) is 5.26 Å². The van der Waals surface area contributed by atoms with E-state index in [2.05, 4.69) is 5.32 Å². The van der Waals surface area contributed by atoms with Crippen LogP contribution in [-0.4, -0.2) is 36.3 Å². The molecule has 1 atom stereocenters. The molecule has 0 radical (unpaired) electrons. The monoisotopic (exact) mass is 409 g/mol. The number of nitrogens with one attached hydrogen (secondary N) is 1. The largest absolute Gasteiger partial charge is 0.448 e. The number of methoxy groups -OCH3 is 1. The molecule has 1 aromatic heterocycles. The van der Waals surface area contributed by atoms with Crippen LogP contribution in [0.2, 0.25) is 0 Å². The molecule has 1 N–H and O–H groups in total. The number of carbonyl (C=O) groups excluding carboxylic acids is 2. The summed E-state index contributed by atoms with van der Waals surface area (Å²) < 4.78 is 12.4. The van der Waals surface area contributed by atoms with Gasteiger partial charge in [0.2, 0.25) is 0 Å². The number of hydrogen-bond donors (Lipinski definition) is 1. The molecule has 1 aromatic carbocycles. The maximum Gasteiger partial charge on any atom is 0.349 e. The van der Waals surface area contributed by atoms with E-state index in [0.29, 0.717) is 18.8 Å². The van der Waals surface area contributed by atoms with E-state index in [1.54, 1.807) is 13.2 Å². The summed E-state index contributed by atoms with van der Waals surface area (Å²) in [7, 11) is 1.63. The number of ether oxygens (including phenoxy) is 2. The number of anilines is 1. The Kier molecular flexibility index (Phi) is 7.96. The number of aromatic nitrogens is 1. The van der Waals surface area contributed by atoms with Crippen molar-refractivity contribution in [2.24, 2.45) is 0 Å². The van der Waals surface area contributed by atoms with Crippen molar-refractivity contribution in [2.45, 2.75) is 40.3 Å². The Morgan fingerprint density at radius 3 is 2.63 bits per heavy atom. The van der Waals surface area contributed by atoms with Crippen LogP contribution in [0.25, 0.3) is 6.08 Å². The van der Waals surface area contributed by atoms with Gasteiger partial charge in [0, 0.05) is 30.7 Å². The van der Waals surface area contributed by atoms with E-state index < -0.39 is 18.0 Å². The van der Waals surface area contributed by atoms with Crippen LogP contribution in [0, 0.1) is 32.1 Å². The highest BCUT2D eigenvalue weighted by molar-refractivity contribution is 6.01. The highest BCUT2D eigenvalue weighted by Gasteiger charge is 2.21.